The van der Waals surface area contributed by atoms with Crippen molar-refractivity contribution < 1.29 is 0 Å². The second kappa shape index (κ2) is 4.49. The van der Waals surface area contributed by atoms with Crippen LogP contribution in [-0.2, 0) is 0 Å². The van der Waals surface area contributed by atoms with Gasteiger partial charge in [-0.2, -0.15) is 0 Å². The summed E-state index contributed by atoms with van der Waals surface area (Å²) in [5, 5.41) is 0. The normalized spacial score (nSPS) is 30.7. The first-order valence-electron chi connectivity index (χ1n) is 7.92. The third-order valence-electron chi connectivity index (χ3n) is 5.52. The van der Waals surface area contributed by atoms with E-state index in [2.05, 4.69) is 30.7 Å². The fourth-order valence-corrected chi connectivity index (χ4v) is 4.37. The molecular formula is C16H30N2. The number of piperidine rings is 1. The first-order chi connectivity index (χ1) is 8.51. The van der Waals surface area contributed by atoms with Crippen molar-refractivity contribution in [2.75, 3.05) is 39.8 Å². The molecule has 2 nitrogen and oxygen atoms in total. The van der Waals surface area contributed by atoms with Crippen molar-refractivity contribution in [2.24, 2.45) is 16.7 Å². The molecule has 0 aromatic rings. The first-order valence-corrected chi connectivity index (χ1v) is 7.92. The van der Waals surface area contributed by atoms with Gasteiger partial charge in [-0.25, -0.2) is 0 Å². The molecule has 2 heterocycles. The highest BCUT2D eigenvalue weighted by molar-refractivity contribution is 5.03. The first kappa shape index (κ1) is 12.9. The largest absolute Gasteiger partial charge is 0.306 e. The van der Waals surface area contributed by atoms with Gasteiger partial charge in [0.05, 0.1) is 0 Å². The summed E-state index contributed by atoms with van der Waals surface area (Å²) in [6.45, 7) is 11.6. The van der Waals surface area contributed by atoms with Crippen LogP contribution in [0.25, 0.3) is 0 Å². The lowest BCUT2D eigenvalue weighted by molar-refractivity contribution is -0.0531. The van der Waals surface area contributed by atoms with Crippen LogP contribution in [0.1, 0.15) is 46.0 Å². The maximum absolute atomic E-state index is 2.76. The Morgan fingerprint density at radius 1 is 1.00 bits per heavy atom. The topological polar surface area (TPSA) is 6.48 Å². The molecule has 0 aromatic carbocycles. The minimum absolute atomic E-state index is 0.723. The van der Waals surface area contributed by atoms with Crippen LogP contribution < -0.4 is 0 Å². The molecule has 1 spiro atoms. The molecule has 3 rings (SSSR count). The van der Waals surface area contributed by atoms with E-state index in [4.69, 9.17) is 0 Å². The molecule has 104 valence electrons. The van der Waals surface area contributed by atoms with Crippen LogP contribution in [0.4, 0.5) is 0 Å². The number of hydrogen-bond acceptors (Lipinski definition) is 2. The summed E-state index contributed by atoms with van der Waals surface area (Å²) >= 11 is 0. The molecule has 3 aliphatic rings. The molecule has 3 fully saturated rings. The van der Waals surface area contributed by atoms with Crippen LogP contribution in [0.3, 0.4) is 0 Å². The summed E-state index contributed by atoms with van der Waals surface area (Å²) in [5.41, 5.74) is 1.46. The number of hydrogen-bond donors (Lipinski definition) is 0. The third kappa shape index (κ3) is 2.60. The van der Waals surface area contributed by atoms with Crippen molar-refractivity contribution in [3.63, 3.8) is 0 Å². The number of likely N-dealkylation sites (tertiary alicyclic amines) is 2. The van der Waals surface area contributed by atoms with Crippen LogP contribution in [0, 0.1) is 16.7 Å². The Labute approximate surface area is 113 Å². The van der Waals surface area contributed by atoms with Crippen LogP contribution in [0.15, 0.2) is 0 Å². The predicted octanol–water partition coefficient (Wildman–Crippen LogP) is 2.84. The summed E-state index contributed by atoms with van der Waals surface area (Å²) in [5.74, 6) is 0.881. The van der Waals surface area contributed by atoms with Crippen molar-refractivity contribution in [1.82, 2.24) is 9.80 Å². The van der Waals surface area contributed by atoms with E-state index in [1.165, 1.54) is 64.8 Å². The van der Waals surface area contributed by atoms with Gasteiger partial charge >= 0.3 is 0 Å². The molecule has 0 atom stereocenters. The average molecular weight is 250 g/mol. The van der Waals surface area contributed by atoms with Gasteiger partial charge in [0.1, 0.15) is 0 Å². The highest BCUT2D eigenvalue weighted by Crippen LogP contribution is 2.53. The smallest absolute Gasteiger partial charge is 0.00517 e. The molecule has 1 saturated carbocycles. The van der Waals surface area contributed by atoms with Crippen LogP contribution >= 0.6 is 0 Å². The van der Waals surface area contributed by atoms with E-state index < -0.39 is 0 Å². The monoisotopic (exact) mass is 250 g/mol. The van der Waals surface area contributed by atoms with Crippen molar-refractivity contribution in [3.05, 3.63) is 0 Å². The fourth-order valence-electron chi connectivity index (χ4n) is 4.37. The number of nitrogens with zero attached hydrogens (tertiary/aromatic N) is 2. The molecule has 18 heavy (non-hydrogen) atoms. The maximum atomic E-state index is 2.76. The molecule has 2 aliphatic heterocycles. The van der Waals surface area contributed by atoms with E-state index in [0.29, 0.717) is 0 Å². The van der Waals surface area contributed by atoms with Gasteiger partial charge < -0.3 is 9.80 Å². The quantitative estimate of drug-likeness (QED) is 0.757. The molecule has 0 amide bonds. The van der Waals surface area contributed by atoms with Gasteiger partial charge in [0, 0.05) is 19.6 Å². The summed E-state index contributed by atoms with van der Waals surface area (Å²) in [6, 6.07) is 0. The zero-order chi connectivity index (χ0) is 12.8. The second-order valence-corrected chi connectivity index (χ2v) is 8.05. The Balaban J connectivity index is 1.45. The lowest BCUT2D eigenvalue weighted by Crippen LogP contribution is -2.60. The van der Waals surface area contributed by atoms with Crippen molar-refractivity contribution in [3.8, 4) is 0 Å². The minimum atomic E-state index is 0.723. The Hall–Kier alpha value is -0.0800. The van der Waals surface area contributed by atoms with Gasteiger partial charge in [-0.1, -0.05) is 13.8 Å². The van der Waals surface area contributed by atoms with E-state index in [1.807, 2.05) is 0 Å². The summed E-state index contributed by atoms with van der Waals surface area (Å²) in [4.78, 5) is 5.26. The van der Waals surface area contributed by atoms with Gasteiger partial charge in [-0.15, -0.1) is 0 Å². The van der Waals surface area contributed by atoms with Crippen molar-refractivity contribution in [1.29, 1.82) is 0 Å². The summed E-state index contributed by atoms with van der Waals surface area (Å²) in [7, 11) is 2.27. The van der Waals surface area contributed by atoms with Gasteiger partial charge in [0.15, 0.2) is 0 Å². The van der Waals surface area contributed by atoms with Gasteiger partial charge in [-0.3, -0.25) is 0 Å². The molecule has 2 saturated heterocycles. The Bertz CT molecular complexity index is 290. The molecule has 1 aliphatic carbocycles. The van der Waals surface area contributed by atoms with E-state index in [1.54, 1.807) is 0 Å². The van der Waals surface area contributed by atoms with Crippen LogP contribution in [0.2, 0.25) is 0 Å². The maximum Gasteiger partial charge on any atom is 0.00517 e. The predicted molar refractivity (Wildman–Crippen MR) is 76.7 cm³/mol. The minimum Gasteiger partial charge on any atom is -0.306 e. The molecule has 0 unspecified atom stereocenters. The average Bonchev–Trinajstić information content (AvgIpc) is 2.98. The van der Waals surface area contributed by atoms with E-state index in [-0.39, 0.29) is 0 Å². The zero-order valence-corrected chi connectivity index (χ0v) is 12.5. The molecule has 2 heteroatoms. The highest BCUT2D eigenvalue weighted by Gasteiger charge is 2.50. The zero-order valence-electron chi connectivity index (χ0n) is 12.5. The molecule has 0 N–H and O–H groups in total. The SMILES string of the molecule is CC(C)CC1(CN2CC3(CCN(C)CC3)C2)CC1. The lowest BCUT2D eigenvalue weighted by atomic mass is 9.71. The summed E-state index contributed by atoms with van der Waals surface area (Å²) in [6.07, 6.45) is 7.34. The molecule has 0 bridgehead atoms. The second-order valence-electron chi connectivity index (χ2n) is 8.05. The van der Waals surface area contributed by atoms with Gasteiger partial charge in [0.25, 0.3) is 0 Å². The van der Waals surface area contributed by atoms with Crippen molar-refractivity contribution >= 4 is 0 Å². The lowest BCUT2D eigenvalue weighted by Gasteiger charge is -2.54. The summed E-state index contributed by atoms with van der Waals surface area (Å²) < 4.78 is 0. The van der Waals surface area contributed by atoms with Crippen LogP contribution in [-0.4, -0.2) is 49.6 Å². The molecular weight excluding hydrogens is 220 g/mol. The fraction of sp³-hybridized carbons (Fsp3) is 1.00. The van der Waals surface area contributed by atoms with E-state index >= 15 is 0 Å². The standard InChI is InChI=1S/C16H30N2/c1-14(2)10-15(4-5-15)11-18-12-16(13-18)6-8-17(3)9-7-16/h14H,4-13H2,1-3H3. The van der Waals surface area contributed by atoms with Gasteiger partial charge in [0.2, 0.25) is 0 Å². The Morgan fingerprint density at radius 2 is 1.61 bits per heavy atom. The molecule has 0 radical (unpaired) electrons. The molecule has 0 aromatic heterocycles. The van der Waals surface area contributed by atoms with Crippen LogP contribution in [0.5, 0.6) is 0 Å². The Kier molecular flexibility index (Phi) is 3.22. The highest BCUT2D eigenvalue weighted by atomic mass is 15.2. The third-order valence-corrected chi connectivity index (χ3v) is 5.52. The van der Waals surface area contributed by atoms with Crippen molar-refractivity contribution in [2.45, 2.75) is 46.0 Å². The van der Waals surface area contributed by atoms with Gasteiger partial charge in [-0.05, 0) is 69.0 Å². The number of rotatable bonds is 4. The van der Waals surface area contributed by atoms with E-state index in [9.17, 15) is 0 Å². The Morgan fingerprint density at radius 3 is 2.11 bits per heavy atom. The van der Waals surface area contributed by atoms with E-state index in [0.717, 1.165) is 16.7 Å².